The van der Waals surface area contributed by atoms with E-state index in [1.807, 2.05) is 11.8 Å². The molecular weight excluding hydrogens is 370 g/mol. The van der Waals surface area contributed by atoms with Crippen LogP contribution in [0.3, 0.4) is 0 Å². The van der Waals surface area contributed by atoms with E-state index in [9.17, 15) is 13.2 Å². The van der Waals surface area contributed by atoms with Crippen LogP contribution in [0.1, 0.15) is 19.8 Å². The molecule has 2 heterocycles. The number of amides is 1. The van der Waals surface area contributed by atoms with Crippen LogP contribution in [0.25, 0.3) is 0 Å². The summed E-state index contributed by atoms with van der Waals surface area (Å²) in [6.07, 6.45) is 2.11. The Balaban J connectivity index is 1.40. The SMILES string of the molecule is C[C@H](C(=O)NC1CC1)N1CCN(S(=O)(=O)c2ccc3c(c2)OCCO3)CC1. The molecule has 9 heteroatoms. The molecule has 1 atom stereocenters. The van der Waals surface area contributed by atoms with Crippen LogP contribution in [0.5, 0.6) is 11.5 Å². The standard InChI is InChI=1S/C18H25N3O5S/c1-13(18(22)19-14-2-3-14)20-6-8-21(9-7-20)27(23,24)15-4-5-16-17(12-15)26-11-10-25-16/h4-5,12-14H,2-3,6-11H2,1H3,(H,19,22)/t13-/m1/s1. The van der Waals surface area contributed by atoms with Gasteiger partial charge in [-0.05, 0) is 31.9 Å². The summed E-state index contributed by atoms with van der Waals surface area (Å²) in [5.74, 6) is 1.06. The molecule has 8 nitrogen and oxygen atoms in total. The van der Waals surface area contributed by atoms with Gasteiger partial charge in [-0.1, -0.05) is 0 Å². The molecule has 1 amide bonds. The van der Waals surface area contributed by atoms with Crippen LogP contribution in [-0.2, 0) is 14.8 Å². The molecule has 0 unspecified atom stereocenters. The van der Waals surface area contributed by atoms with Gasteiger partial charge in [0.25, 0.3) is 0 Å². The molecule has 1 saturated carbocycles. The van der Waals surface area contributed by atoms with Gasteiger partial charge in [0, 0.05) is 38.3 Å². The molecule has 1 aromatic carbocycles. The number of benzene rings is 1. The van der Waals surface area contributed by atoms with Gasteiger partial charge in [0.1, 0.15) is 13.2 Å². The third kappa shape index (κ3) is 3.90. The van der Waals surface area contributed by atoms with Crippen molar-refractivity contribution in [2.24, 2.45) is 0 Å². The average molecular weight is 395 g/mol. The molecule has 2 aliphatic heterocycles. The maximum absolute atomic E-state index is 13.0. The second-order valence-electron chi connectivity index (χ2n) is 7.20. The zero-order valence-corrected chi connectivity index (χ0v) is 16.2. The van der Waals surface area contributed by atoms with E-state index in [4.69, 9.17) is 9.47 Å². The van der Waals surface area contributed by atoms with Gasteiger partial charge < -0.3 is 14.8 Å². The smallest absolute Gasteiger partial charge is 0.243 e. The van der Waals surface area contributed by atoms with E-state index >= 15 is 0 Å². The van der Waals surface area contributed by atoms with Gasteiger partial charge >= 0.3 is 0 Å². The van der Waals surface area contributed by atoms with Crippen molar-refractivity contribution in [2.75, 3.05) is 39.4 Å². The van der Waals surface area contributed by atoms with Gasteiger partial charge in [0.2, 0.25) is 15.9 Å². The predicted molar refractivity (Wildman–Crippen MR) is 98.4 cm³/mol. The Morgan fingerprint density at radius 2 is 1.78 bits per heavy atom. The molecule has 3 aliphatic rings. The lowest BCUT2D eigenvalue weighted by Gasteiger charge is -2.36. The first-order chi connectivity index (χ1) is 12.9. The van der Waals surface area contributed by atoms with Crippen molar-refractivity contribution >= 4 is 15.9 Å². The summed E-state index contributed by atoms with van der Waals surface area (Å²) in [5, 5.41) is 3.01. The highest BCUT2D eigenvalue weighted by molar-refractivity contribution is 7.89. The number of carbonyl (C=O) groups is 1. The summed E-state index contributed by atoms with van der Waals surface area (Å²) < 4.78 is 38.4. The third-order valence-corrected chi connectivity index (χ3v) is 7.17. The molecular formula is C18H25N3O5S. The number of rotatable bonds is 5. The highest BCUT2D eigenvalue weighted by Gasteiger charge is 2.34. The maximum atomic E-state index is 13.0. The van der Waals surface area contributed by atoms with Crippen molar-refractivity contribution in [3.63, 3.8) is 0 Å². The Morgan fingerprint density at radius 1 is 1.11 bits per heavy atom. The Kier molecular flexibility index (Phi) is 5.00. The van der Waals surface area contributed by atoms with Crippen molar-refractivity contribution in [3.05, 3.63) is 18.2 Å². The van der Waals surface area contributed by atoms with Crippen LogP contribution in [0, 0.1) is 0 Å². The molecule has 27 heavy (non-hydrogen) atoms. The Hall–Kier alpha value is -1.84. The number of nitrogens with one attached hydrogen (secondary N) is 1. The highest BCUT2D eigenvalue weighted by Crippen LogP contribution is 2.33. The molecule has 148 valence electrons. The van der Waals surface area contributed by atoms with Crippen LogP contribution in [-0.4, -0.2) is 75.0 Å². The number of carbonyl (C=O) groups excluding carboxylic acids is 1. The Labute approximate surface area is 159 Å². The fourth-order valence-electron chi connectivity index (χ4n) is 3.38. The summed E-state index contributed by atoms with van der Waals surface area (Å²) in [6, 6.07) is 4.81. The van der Waals surface area contributed by atoms with Crippen LogP contribution in [0.2, 0.25) is 0 Å². The third-order valence-electron chi connectivity index (χ3n) is 5.28. The van der Waals surface area contributed by atoms with Crippen molar-refractivity contribution in [1.29, 1.82) is 0 Å². The minimum absolute atomic E-state index is 0.0284. The van der Waals surface area contributed by atoms with E-state index in [1.54, 1.807) is 12.1 Å². The Bertz CT molecular complexity index is 816. The number of nitrogens with zero attached hydrogens (tertiary/aromatic N) is 2. The minimum atomic E-state index is -3.60. The highest BCUT2D eigenvalue weighted by atomic mass is 32.2. The molecule has 0 aromatic heterocycles. The predicted octanol–water partition coefficient (Wildman–Crippen LogP) is 0.431. The van der Waals surface area contributed by atoms with Gasteiger partial charge in [-0.25, -0.2) is 8.42 Å². The molecule has 1 aromatic rings. The fraction of sp³-hybridized carbons (Fsp3) is 0.611. The van der Waals surface area contributed by atoms with Crippen LogP contribution >= 0.6 is 0 Å². The number of hydrogen-bond donors (Lipinski definition) is 1. The lowest BCUT2D eigenvalue weighted by molar-refractivity contribution is -0.126. The zero-order chi connectivity index (χ0) is 19.0. The number of piperazine rings is 1. The van der Waals surface area contributed by atoms with E-state index in [-0.39, 0.29) is 16.8 Å². The number of ether oxygens (including phenoxy) is 2. The summed E-state index contributed by atoms with van der Waals surface area (Å²) in [4.78, 5) is 14.5. The van der Waals surface area contributed by atoms with E-state index < -0.39 is 10.0 Å². The van der Waals surface area contributed by atoms with Crippen molar-refractivity contribution in [3.8, 4) is 11.5 Å². The van der Waals surface area contributed by atoms with E-state index in [0.29, 0.717) is 56.9 Å². The number of sulfonamides is 1. The first kappa shape index (κ1) is 18.5. The molecule has 1 aliphatic carbocycles. The van der Waals surface area contributed by atoms with E-state index in [2.05, 4.69) is 5.32 Å². The topological polar surface area (TPSA) is 88.2 Å². The fourth-order valence-corrected chi connectivity index (χ4v) is 4.82. The average Bonchev–Trinajstić information content (AvgIpc) is 3.51. The second kappa shape index (κ2) is 7.29. The summed E-state index contributed by atoms with van der Waals surface area (Å²) >= 11 is 0. The van der Waals surface area contributed by atoms with Crippen molar-refractivity contribution in [1.82, 2.24) is 14.5 Å². The molecule has 0 spiro atoms. The molecule has 4 rings (SSSR count). The molecule has 1 saturated heterocycles. The number of hydrogen-bond acceptors (Lipinski definition) is 6. The largest absolute Gasteiger partial charge is 0.486 e. The first-order valence-corrected chi connectivity index (χ1v) is 10.8. The lowest BCUT2D eigenvalue weighted by atomic mass is 10.2. The van der Waals surface area contributed by atoms with Crippen LogP contribution < -0.4 is 14.8 Å². The maximum Gasteiger partial charge on any atom is 0.243 e. The van der Waals surface area contributed by atoms with Gasteiger partial charge in [0.05, 0.1) is 10.9 Å². The summed E-state index contributed by atoms with van der Waals surface area (Å²) in [6.45, 7) is 4.54. The van der Waals surface area contributed by atoms with E-state index in [1.165, 1.54) is 10.4 Å². The normalized spacial score (nSPS) is 22.3. The van der Waals surface area contributed by atoms with E-state index in [0.717, 1.165) is 12.8 Å². The van der Waals surface area contributed by atoms with Gasteiger partial charge in [-0.15, -0.1) is 0 Å². The quantitative estimate of drug-likeness (QED) is 0.778. The molecule has 2 fully saturated rings. The van der Waals surface area contributed by atoms with Gasteiger partial charge in [0.15, 0.2) is 11.5 Å². The van der Waals surface area contributed by atoms with Crippen LogP contribution in [0.4, 0.5) is 0 Å². The molecule has 0 radical (unpaired) electrons. The van der Waals surface area contributed by atoms with Gasteiger partial charge in [-0.3, -0.25) is 9.69 Å². The number of fused-ring (bicyclic) bond motifs is 1. The van der Waals surface area contributed by atoms with Crippen molar-refractivity contribution < 1.29 is 22.7 Å². The zero-order valence-electron chi connectivity index (χ0n) is 15.4. The second-order valence-corrected chi connectivity index (χ2v) is 9.14. The molecule has 0 bridgehead atoms. The molecule has 1 N–H and O–H groups in total. The van der Waals surface area contributed by atoms with Gasteiger partial charge in [-0.2, -0.15) is 4.31 Å². The Morgan fingerprint density at radius 3 is 2.44 bits per heavy atom. The summed E-state index contributed by atoms with van der Waals surface area (Å²) in [7, 11) is -3.60. The monoisotopic (exact) mass is 395 g/mol. The summed E-state index contributed by atoms with van der Waals surface area (Å²) in [5.41, 5.74) is 0. The van der Waals surface area contributed by atoms with Crippen molar-refractivity contribution in [2.45, 2.75) is 36.7 Å². The van der Waals surface area contributed by atoms with Crippen LogP contribution in [0.15, 0.2) is 23.1 Å². The minimum Gasteiger partial charge on any atom is -0.486 e. The lowest BCUT2D eigenvalue weighted by Crippen LogP contribution is -2.55. The first-order valence-electron chi connectivity index (χ1n) is 9.39.